The van der Waals surface area contributed by atoms with Crippen molar-refractivity contribution >= 4 is 67.7 Å². The van der Waals surface area contributed by atoms with Gasteiger partial charge in [0.1, 0.15) is 35.0 Å². The topological polar surface area (TPSA) is 124 Å². The molecule has 0 radical (unpaired) electrons. The average molecular weight is 716 g/mol. The van der Waals surface area contributed by atoms with E-state index in [2.05, 4.69) is 20.4 Å². The third-order valence-electron chi connectivity index (χ3n) is 8.77. The normalized spacial score (nSPS) is 20.6. The van der Waals surface area contributed by atoms with E-state index in [0.717, 1.165) is 31.7 Å². The summed E-state index contributed by atoms with van der Waals surface area (Å²) >= 11 is 14.3. The van der Waals surface area contributed by atoms with Crippen LogP contribution in [0.5, 0.6) is 0 Å². The largest absolute Gasteiger partial charge is 0.459 e. The fourth-order valence-corrected chi connectivity index (χ4v) is 8.35. The molecule has 14 heteroatoms. The molecule has 7 rings (SSSR count). The number of rotatable bonds is 8. The van der Waals surface area contributed by atoms with Gasteiger partial charge in [-0.1, -0.05) is 45.8 Å². The van der Waals surface area contributed by atoms with Crippen LogP contribution in [0.15, 0.2) is 34.9 Å². The maximum absolute atomic E-state index is 15.2. The molecule has 48 heavy (non-hydrogen) atoms. The molecule has 4 aromatic rings. The van der Waals surface area contributed by atoms with Crippen molar-refractivity contribution in [3.05, 3.63) is 63.1 Å². The van der Waals surface area contributed by atoms with Crippen molar-refractivity contribution in [2.45, 2.75) is 89.0 Å². The van der Waals surface area contributed by atoms with E-state index in [1.165, 1.54) is 11.3 Å². The minimum Gasteiger partial charge on any atom is -0.459 e. The first-order valence-electron chi connectivity index (χ1n) is 15.9. The van der Waals surface area contributed by atoms with Crippen LogP contribution < -0.4 is 10.2 Å². The molecule has 0 spiro atoms. The fraction of sp³-hybridized carbons (Fsp3) is 0.441. The Morgan fingerprint density at radius 1 is 1.08 bits per heavy atom. The first kappa shape index (κ1) is 32.8. The molecule has 1 amide bonds. The fourth-order valence-electron chi connectivity index (χ4n) is 6.62. The summed E-state index contributed by atoms with van der Waals surface area (Å²) in [6, 6.07) is 7.87. The zero-order chi connectivity index (χ0) is 33.9. The van der Waals surface area contributed by atoms with Gasteiger partial charge < -0.3 is 24.2 Å². The number of nitrogens with zero attached hydrogens (tertiary/aromatic N) is 3. The molecule has 3 atom stereocenters. The molecule has 4 heterocycles. The molecule has 2 bridgehead atoms. The van der Waals surface area contributed by atoms with Crippen LogP contribution in [-0.4, -0.2) is 58.3 Å². The van der Waals surface area contributed by atoms with Crippen molar-refractivity contribution < 1.29 is 32.8 Å². The zero-order valence-corrected chi connectivity index (χ0v) is 28.8. The lowest BCUT2D eigenvalue weighted by atomic mass is 9.99. The molecule has 3 fully saturated rings. The monoisotopic (exact) mass is 714 g/mol. The van der Waals surface area contributed by atoms with Crippen LogP contribution in [-0.2, 0) is 14.3 Å². The Bertz CT molecular complexity index is 1900. The van der Waals surface area contributed by atoms with Crippen LogP contribution in [0.2, 0.25) is 10.0 Å². The lowest BCUT2D eigenvalue weighted by Crippen LogP contribution is -2.46. The zero-order valence-electron chi connectivity index (χ0n) is 26.5. The highest BCUT2D eigenvalue weighted by molar-refractivity contribution is 7.22. The molecule has 2 aromatic heterocycles. The number of ether oxygens (including phenoxy) is 2. The molecule has 1 N–H and O–H groups in total. The Balaban J connectivity index is 1.06. The van der Waals surface area contributed by atoms with Gasteiger partial charge in [0.25, 0.3) is 5.91 Å². The smallest absolute Gasteiger partial charge is 0.344 e. The third kappa shape index (κ3) is 6.49. The molecule has 2 aliphatic heterocycles. The Hall–Kier alpha value is -3.74. The Kier molecular flexibility index (Phi) is 8.62. The van der Waals surface area contributed by atoms with E-state index in [4.69, 9.17) is 37.2 Å². The molecule has 10 nitrogen and oxygen atoms in total. The summed E-state index contributed by atoms with van der Waals surface area (Å²) in [4.78, 5) is 45.4. The van der Waals surface area contributed by atoms with Gasteiger partial charge in [-0.15, -0.1) is 0 Å². The number of fused-ring (bicyclic) bond motifs is 3. The number of thiazole rings is 1. The molecule has 3 aliphatic rings. The summed E-state index contributed by atoms with van der Waals surface area (Å²) in [6.07, 6.45) is 4.33. The highest BCUT2D eigenvalue weighted by atomic mass is 35.5. The van der Waals surface area contributed by atoms with Crippen molar-refractivity contribution in [3.63, 3.8) is 0 Å². The number of aromatic nitrogens is 2. The van der Waals surface area contributed by atoms with Gasteiger partial charge in [-0.05, 0) is 70.7 Å². The molecule has 2 saturated heterocycles. The number of amides is 1. The number of halogens is 3. The maximum atomic E-state index is 15.2. The number of nitrogens with one attached hydrogen (secondary N) is 1. The quantitative estimate of drug-likeness (QED) is 0.183. The number of carbonyl (C=O) groups excluding carboxylic acids is 3. The van der Waals surface area contributed by atoms with E-state index in [-0.39, 0.29) is 53.0 Å². The van der Waals surface area contributed by atoms with Gasteiger partial charge in [0.15, 0.2) is 16.7 Å². The van der Waals surface area contributed by atoms with Crippen LogP contribution in [0.1, 0.15) is 91.7 Å². The molecule has 1 saturated carbocycles. The lowest BCUT2D eigenvalue weighted by Gasteiger charge is -2.38. The molecule has 252 valence electrons. The highest BCUT2D eigenvalue weighted by Crippen LogP contribution is 2.47. The van der Waals surface area contributed by atoms with Crippen LogP contribution >= 0.6 is 34.5 Å². The minimum absolute atomic E-state index is 0.0321. The van der Waals surface area contributed by atoms with Crippen molar-refractivity contribution in [3.8, 4) is 11.3 Å². The second-order valence-electron chi connectivity index (χ2n) is 13.5. The predicted molar refractivity (Wildman–Crippen MR) is 179 cm³/mol. The molecule has 1 aliphatic carbocycles. The first-order chi connectivity index (χ1) is 22.9. The van der Waals surface area contributed by atoms with E-state index in [9.17, 15) is 14.4 Å². The first-order valence-corrected chi connectivity index (χ1v) is 17.5. The Labute approximate surface area is 289 Å². The van der Waals surface area contributed by atoms with Gasteiger partial charge in [0.05, 0.1) is 14.7 Å². The van der Waals surface area contributed by atoms with Crippen LogP contribution in [0.25, 0.3) is 21.5 Å². The SMILES string of the molecule is CC(C)(C)OC(=O)CNC(=O)c1cc(F)c2nc(N3[C@@H]4CC[C@H]3C[C@H](OC(=O)c3c(-c5c(Cl)cccc5Cl)noc3C3CC3)C4)sc2c1. The van der Waals surface area contributed by atoms with E-state index in [1.54, 1.807) is 45.0 Å². The van der Waals surface area contributed by atoms with Crippen molar-refractivity contribution in [1.29, 1.82) is 0 Å². The minimum atomic E-state index is -0.687. The third-order valence-corrected chi connectivity index (χ3v) is 10.4. The standard InChI is InChI=1S/C34H33Cl2FN4O6S/c1-34(2,3)46-25(42)15-38-31(43)17-11-23(37)28-24(12-17)48-33(39-28)41-18-9-10-19(41)14-20(13-18)45-32(44)27-29(40-47-30(27)16-7-8-16)26-21(35)5-4-6-22(26)36/h4-6,11-12,16,18-20H,7-10,13-15H2,1-3H3,(H,38,43)/t18-,19+,20-. The van der Waals surface area contributed by atoms with E-state index in [1.807, 2.05) is 0 Å². The molecule has 0 unspecified atom stereocenters. The molecule has 2 aromatic carbocycles. The summed E-state index contributed by atoms with van der Waals surface area (Å²) in [5.74, 6) is -1.70. The highest BCUT2D eigenvalue weighted by Gasteiger charge is 2.45. The van der Waals surface area contributed by atoms with Gasteiger partial charge in [0, 0.05) is 42.0 Å². The lowest BCUT2D eigenvalue weighted by molar-refractivity contribution is -0.153. The number of carbonyl (C=O) groups is 3. The summed E-state index contributed by atoms with van der Waals surface area (Å²) in [5, 5.41) is 8.09. The number of esters is 2. The van der Waals surface area contributed by atoms with Crippen LogP contribution in [0.4, 0.5) is 9.52 Å². The number of hydrogen-bond donors (Lipinski definition) is 1. The van der Waals surface area contributed by atoms with E-state index >= 15 is 4.39 Å². The van der Waals surface area contributed by atoms with Gasteiger partial charge in [0.2, 0.25) is 0 Å². The van der Waals surface area contributed by atoms with E-state index < -0.39 is 29.3 Å². The average Bonchev–Trinajstić information content (AvgIpc) is 3.51. The van der Waals surface area contributed by atoms with Crippen LogP contribution in [0.3, 0.4) is 0 Å². The second-order valence-corrected chi connectivity index (χ2v) is 15.3. The summed E-state index contributed by atoms with van der Waals surface area (Å²) in [7, 11) is 0. The Morgan fingerprint density at radius 3 is 2.42 bits per heavy atom. The van der Waals surface area contributed by atoms with Gasteiger partial charge >= 0.3 is 11.9 Å². The van der Waals surface area contributed by atoms with E-state index in [0.29, 0.717) is 44.0 Å². The number of benzene rings is 2. The number of hydrogen-bond acceptors (Lipinski definition) is 10. The van der Waals surface area contributed by atoms with Gasteiger partial charge in [-0.3, -0.25) is 9.59 Å². The van der Waals surface area contributed by atoms with Crippen molar-refractivity contribution in [2.24, 2.45) is 0 Å². The maximum Gasteiger partial charge on any atom is 0.344 e. The molecular formula is C34H33Cl2FN4O6S. The second kappa shape index (κ2) is 12.6. The summed E-state index contributed by atoms with van der Waals surface area (Å²) < 4.78 is 32.8. The van der Waals surface area contributed by atoms with Crippen molar-refractivity contribution in [2.75, 3.05) is 11.4 Å². The Morgan fingerprint density at radius 2 is 1.77 bits per heavy atom. The summed E-state index contributed by atoms with van der Waals surface area (Å²) in [5.41, 5.74) is 0.571. The molecular weight excluding hydrogens is 682 g/mol. The van der Waals surface area contributed by atoms with Crippen molar-refractivity contribution in [1.82, 2.24) is 15.5 Å². The number of piperidine rings is 1. The number of anilines is 1. The van der Waals surface area contributed by atoms with Gasteiger partial charge in [-0.25, -0.2) is 14.2 Å². The summed E-state index contributed by atoms with van der Waals surface area (Å²) in [6.45, 7) is 4.87. The predicted octanol–water partition coefficient (Wildman–Crippen LogP) is 7.70. The van der Waals surface area contributed by atoms with Crippen LogP contribution in [0, 0.1) is 5.82 Å². The van der Waals surface area contributed by atoms with Gasteiger partial charge in [-0.2, -0.15) is 0 Å².